The van der Waals surface area contributed by atoms with Crippen LogP contribution in [0.15, 0.2) is 218 Å². The summed E-state index contributed by atoms with van der Waals surface area (Å²) in [6, 6.07) is 78.2. The second kappa shape index (κ2) is 13.8. The maximum Gasteiger partial charge on any atom is 0.0467 e. The van der Waals surface area contributed by atoms with Gasteiger partial charge in [-0.05, 0) is 117 Å². The van der Waals surface area contributed by atoms with Crippen molar-refractivity contribution in [1.82, 2.24) is 0 Å². The Bertz CT molecular complexity index is 2300. The van der Waals surface area contributed by atoms with Crippen LogP contribution in [0.5, 0.6) is 0 Å². The summed E-state index contributed by atoms with van der Waals surface area (Å²) in [6.07, 6.45) is 0. The molecule has 2 heteroatoms. The number of hydrogen-bond donors (Lipinski definition) is 0. The maximum absolute atomic E-state index is 2.34. The minimum absolute atomic E-state index is 1.11. The fourth-order valence-electron chi connectivity index (χ4n) is 7.55. The molecule has 0 amide bonds. The third-order valence-electron chi connectivity index (χ3n) is 9.78. The Morgan fingerprint density at radius 3 is 0.750 bits per heavy atom. The van der Waals surface area contributed by atoms with Crippen LogP contribution in [-0.2, 0) is 0 Å². The van der Waals surface area contributed by atoms with Gasteiger partial charge in [-0.3, -0.25) is 0 Å². The molecule has 0 saturated heterocycles. The molecule has 0 saturated carbocycles. The third kappa shape index (κ3) is 5.77. The van der Waals surface area contributed by atoms with Gasteiger partial charge in [0, 0.05) is 34.1 Å². The second-order valence-corrected chi connectivity index (χ2v) is 13.0. The lowest BCUT2D eigenvalue weighted by molar-refractivity contribution is 1.28. The molecule has 9 aromatic carbocycles. The average molecular weight is 665 g/mol. The number of para-hydroxylation sites is 4. The summed E-state index contributed by atoms with van der Waals surface area (Å²) in [5.74, 6) is 0. The first-order chi connectivity index (χ1) is 25.8. The average Bonchev–Trinajstić information content (AvgIpc) is 3.22. The number of benzene rings is 9. The Balaban J connectivity index is 1.24. The molecule has 246 valence electrons. The molecule has 0 bridgehead atoms. The van der Waals surface area contributed by atoms with E-state index in [4.69, 9.17) is 0 Å². The molecule has 9 aromatic rings. The predicted molar refractivity (Wildman–Crippen MR) is 222 cm³/mol. The standard InChI is InChI=1S/C50H36N2/c1-5-21-39(22-6-1)51(40-23-7-2-8-24-40)43-29-17-19-37(35-43)49-45-31-13-15-33-47(45)50(48-34-16-14-32-46(48)49)38-20-18-30-44(36-38)52(41-25-9-3-10-26-41)42-27-11-4-12-28-42/h1-36H. The van der Waals surface area contributed by atoms with E-state index in [2.05, 4.69) is 228 Å². The molecule has 0 heterocycles. The van der Waals surface area contributed by atoms with Gasteiger partial charge in [0.05, 0.1) is 0 Å². The highest BCUT2D eigenvalue weighted by atomic mass is 15.1. The van der Waals surface area contributed by atoms with Gasteiger partial charge in [-0.1, -0.05) is 146 Å². The van der Waals surface area contributed by atoms with Gasteiger partial charge in [0.2, 0.25) is 0 Å². The van der Waals surface area contributed by atoms with Crippen molar-refractivity contribution >= 4 is 55.7 Å². The van der Waals surface area contributed by atoms with Gasteiger partial charge in [0.15, 0.2) is 0 Å². The van der Waals surface area contributed by atoms with Crippen LogP contribution in [-0.4, -0.2) is 0 Å². The fraction of sp³-hybridized carbons (Fsp3) is 0. The summed E-state index contributed by atoms with van der Waals surface area (Å²) in [5, 5.41) is 4.92. The van der Waals surface area contributed by atoms with Gasteiger partial charge in [-0.25, -0.2) is 0 Å². The van der Waals surface area contributed by atoms with Crippen molar-refractivity contribution in [3.05, 3.63) is 218 Å². The van der Waals surface area contributed by atoms with Crippen molar-refractivity contribution in [3.63, 3.8) is 0 Å². The van der Waals surface area contributed by atoms with E-state index >= 15 is 0 Å². The van der Waals surface area contributed by atoms with E-state index in [1.807, 2.05) is 0 Å². The van der Waals surface area contributed by atoms with E-state index in [9.17, 15) is 0 Å². The normalized spacial score (nSPS) is 11.1. The maximum atomic E-state index is 2.34. The van der Waals surface area contributed by atoms with Crippen molar-refractivity contribution in [1.29, 1.82) is 0 Å². The zero-order valence-electron chi connectivity index (χ0n) is 28.7. The monoisotopic (exact) mass is 664 g/mol. The molecule has 0 aliphatic heterocycles. The molecular weight excluding hydrogens is 629 g/mol. The zero-order chi connectivity index (χ0) is 34.7. The molecule has 0 N–H and O–H groups in total. The SMILES string of the molecule is c1ccc(N(c2ccccc2)c2cccc(-c3c4ccccc4c(-c4cccc(N(c5ccccc5)c5ccccc5)c4)c4ccccc34)c2)cc1. The lowest BCUT2D eigenvalue weighted by Crippen LogP contribution is -2.09. The predicted octanol–water partition coefficient (Wildman–Crippen LogP) is 14.3. The molecule has 52 heavy (non-hydrogen) atoms. The lowest BCUT2D eigenvalue weighted by atomic mass is 9.85. The molecule has 0 aromatic heterocycles. The number of fused-ring (bicyclic) bond motifs is 2. The van der Waals surface area contributed by atoms with Crippen molar-refractivity contribution in [2.24, 2.45) is 0 Å². The number of nitrogens with zero attached hydrogens (tertiary/aromatic N) is 2. The van der Waals surface area contributed by atoms with Crippen LogP contribution < -0.4 is 9.80 Å². The van der Waals surface area contributed by atoms with Gasteiger partial charge in [-0.2, -0.15) is 0 Å². The van der Waals surface area contributed by atoms with Crippen molar-refractivity contribution in [2.45, 2.75) is 0 Å². The smallest absolute Gasteiger partial charge is 0.0467 e. The molecule has 0 spiro atoms. The zero-order valence-corrected chi connectivity index (χ0v) is 28.7. The van der Waals surface area contributed by atoms with Crippen molar-refractivity contribution < 1.29 is 0 Å². The van der Waals surface area contributed by atoms with E-state index in [0.29, 0.717) is 0 Å². The Hall–Kier alpha value is -6.90. The topological polar surface area (TPSA) is 6.48 Å². The van der Waals surface area contributed by atoms with Crippen LogP contribution in [0.1, 0.15) is 0 Å². The summed E-state index contributed by atoms with van der Waals surface area (Å²) < 4.78 is 0. The summed E-state index contributed by atoms with van der Waals surface area (Å²) in [6.45, 7) is 0. The third-order valence-corrected chi connectivity index (χ3v) is 9.78. The number of anilines is 6. The molecule has 0 aliphatic carbocycles. The van der Waals surface area contributed by atoms with E-state index in [1.165, 1.54) is 43.8 Å². The summed E-state index contributed by atoms with van der Waals surface area (Å²) in [4.78, 5) is 4.66. The van der Waals surface area contributed by atoms with Crippen LogP contribution in [0.2, 0.25) is 0 Å². The first-order valence-corrected chi connectivity index (χ1v) is 17.8. The minimum Gasteiger partial charge on any atom is -0.310 e. The highest BCUT2D eigenvalue weighted by molar-refractivity contribution is 6.21. The van der Waals surface area contributed by atoms with Gasteiger partial charge >= 0.3 is 0 Å². The summed E-state index contributed by atoms with van der Waals surface area (Å²) in [7, 11) is 0. The van der Waals surface area contributed by atoms with E-state index in [-0.39, 0.29) is 0 Å². The Morgan fingerprint density at radius 1 is 0.212 bits per heavy atom. The first kappa shape index (κ1) is 31.1. The van der Waals surface area contributed by atoms with Crippen LogP contribution in [0.3, 0.4) is 0 Å². The largest absolute Gasteiger partial charge is 0.310 e. The Labute approximate surface area is 305 Å². The Morgan fingerprint density at radius 2 is 0.462 bits per heavy atom. The number of rotatable bonds is 8. The van der Waals surface area contributed by atoms with E-state index in [1.54, 1.807) is 0 Å². The highest BCUT2D eigenvalue weighted by Crippen LogP contribution is 2.46. The minimum atomic E-state index is 1.11. The molecule has 0 fully saturated rings. The Kier molecular flexibility index (Phi) is 8.24. The fourth-order valence-corrected chi connectivity index (χ4v) is 7.55. The first-order valence-electron chi connectivity index (χ1n) is 17.8. The molecular formula is C50H36N2. The lowest BCUT2D eigenvalue weighted by Gasteiger charge is -2.27. The van der Waals surface area contributed by atoms with E-state index < -0.39 is 0 Å². The summed E-state index contributed by atoms with van der Waals surface area (Å²) in [5.41, 5.74) is 11.6. The van der Waals surface area contributed by atoms with Gasteiger partial charge in [0.25, 0.3) is 0 Å². The van der Waals surface area contributed by atoms with Gasteiger partial charge in [0.1, 0.15) is 0 Å². The molecule has 0 aliphatic rings. The van der Waals surface area contributed by atoms with Crippen molar-refractivity contribution in [3.8, 4) is 22.3 Å². The summed E-state index contributed by atoms with van der Waals surface area (Å²) >= 11 is 0. The molecule has 9 rings (SSSR count). The molecule has 0 atom stereocenters. The molecule has 0 unspecified atom stereocenters. The number of hydrogen-bond acceptors (Lipinski definition) is 2. The highest BCUT2D eigenvalue weighted by Gasteiger charge is 2.20. The van der Waals surface area contributed by atoms with Crippen molar-refractivity contribution in [2.75, 3.05) is 9.80 Å². The van der Waals surface area contributed by atoms with Gasteiger partial charge < -0.3 is 9.80 Å². The van der Waals surface area contributed by atoms with Crippen LogP contribution >= 0.6 is 0 Å². The van der Waals surface area contributed by atoms with Crippen LogP contribution in [0.4, 0.5) is 34.1 Å². The quantitative estimate of drug-likeness (QED) is 0.149. The van der Waals surface area contributed by atoms with Crippen LogP contribution in [0, 0.1) is 0 Å². The second-order valence-electron chi connectivity index (χ2n) is 13.0. The molecule has 0 radical (unpaired) electrons. The molecule has 2 nitrogen and oxygen atoms in total. The van der Waals surface area contributed by atoms with E-state index in [0.717, 1.165) is 34.1 Å². The van der Waals surface area contributed by atoms with Gasteiger partial charge in [-0.15, -0.1) is 0 Å². The van der Waals surface area contributed by atoms with Crippen LogP contribution in [0.25, 0.3) is 43.8 Å².